The number of imidazole rings is 1. The number of aryl methyl sites for hydroxylation is 1. The van der Waals surface area contributed by atoms with Crippen molar-refractivity contribution in [1.82, 2.24) is 9.55 Å². The number of para-hydroxylation sites is 1. The summed E-state index contributed by atoms with van der Waals surface area (Å²) in [7, 11) is 0. The third kappa shape index (κ3) is 3.71. The van der Waals surface area contributed by atoms with E-state index in [9.17, 15) is 9.18 Å². The van der Waals surface area contributed by atoms with E-state index in [0.717, 1.165) is 57.2 Å². The van der Waals surface area contributed by atoms with Crippen LogP contribution in [-0.4, -0.2) is 33.8 Å². The fourth-order valence-corrected chi connectivity index (χ4v) is 5.36. The standard InChI is InChI=1S/C28H25FN2O4/c1-2-26-30-22-9-7-19(29)13-24(22)31(26)23-5-3-4-21-17(15-35-28(21)23)10-16-6-8-20-18(12-27(32)33)14-34-25(20)11-16/h3-9,11,13,17-18H,2,10,12,14-15H2,1H3,(H,32,33)/t17-,18-/m1/s1. The zero-order valence-electron chi connectivity index (χ0n) is 19.3. The molecule has 2 aliphatic rings. The number of carbonyl (C=O) groups is 1. The predicted molar refractivity (Wildman–Crippen MR) is 129 cm³/mol. The van der Waals surface area contributed by atoms with Gasteiger partial charge in [0, 0.05) is 35.4 Å². The first-order valence-electron chi connectivity index (χ1n) is 11.9. The molecule has 0 spiro atoms. The third-order valence-electron chi connectivity index (χ3n) is 7.00. The molecule has 0 amide bonds. The molecule has 1 N–H and O–H groups in total. The average molecular weight is 473 g/mol. The van der Waals surface area contributed by atoms with Crippen LogP contribution in [0, 0.1) is 5.82 Å². The molecule has 178 valence electrons. The van der Waals surface area contributed by atoms with E-state index >= 15 is 0 Å². The van der Waals surface area contributed by atoms with Crippen LogP contribution in [0.1, 0.15) is 47.7 Å². The molecule has 0 bridgehead atoms. The number of hydrogen-bond donors (Lipinski definition) is 1. The maximum absolute atomic E-state index is 14.1. The molecule has 0 saturated heterocycles. The summed E-state index contributed by atoms with van der Waals surface area (Å²) < 4.78 is 28.1. The number of aromatic nitrogens is 2. The van der Waals surface area contributed by atoms with Crippen LogP contribution in [0.25, 0.3) is 16.7 Å². The highest BCUT2D eigenvalue weighted by Crippen LogP contribution is 2.43. The van der Waals surface area contributed by atoms with Gasteiger partial charge in [-0.2, -0.15) is 0 Å². The Morgan fingerprint density at radius 1 is 1.09 bits per heavy atom. The Kier molecular flexibility index (Phi) is 5.20. The minimum Gasteiger partial charge on any atom is -0.493 e. The van der Waals surface area contributed by atoms with Gasteiger partial charge in [0.1, 0.15) is 23.1 Å². The van der Waals surface area contributed by atoms with Gasteiger partial charge in [0.15, 0.2) is 0 Å². The lowest BCUT2D eigenvalue weighted by atomic mass is 9.91. The molecule has 0 aliphatic carbocycles. The molecule has 2 aliphatic heterocycles. The molecule has 4 aromatic rings. The van der Waals surface area contributed by atoms with Gasteiger partial charge in [0.25, 0.3) is 0 Å². The van der Waals surface area contributed by atoms with Crippen LogP contribution < -0.4 is 9.47 Å². The summed E-state index contributed by atoms with van der Waals surface area (Å²) in [5.41, 5.74) is 5.57. The number of rotatable bonds is 6. The molecule has 3 heterocycles. The Labute approximate surface area is 201 Å². The molecule has 0 radical (unpaired) electrons. The van der Waals surface area contributed by atoms with Crippen molar-refractivity contribution in [2.24, 2.45) is 0 Å². The second-order valence-electron chi connectivity index (χ2n) is 9.24. The molecule has 1 aromatic heterocycles. The van der Waals surface area contributed by atoms with Crippen LogP contribution in [-0.2, 0) is 17.6 Å². The number of fused-ring (bicyclic) bond motifs is 3. The maximum Gasteiger partial charge on any atom is 0.304 e. The van der Waals surface area contributed by atoms with E-state index in [-0.39, 0.29) is 24.1 Å². The van der Waals surface area contributed by atoms with Crippen molar-refractivity contribution in [2.45, 2.75) is 38.0 Å². The SMILES string of the molecule is CCc1nc2ccc(F)cc2n1-c1cccc2c1OC[C@H]2Cc1ccc2c(c1)OC[C@H]2CC(=O)O. The summed E-state index contributed by atoms with van der Waals surface area (Å²) in [6.07, 6.45) is 1.56. The molecule has 3 aromatic carbocycles. The number of carboxylic acids is 1. The summed E-state index contributed by atoms with van der Waals surface area (Å²) >= 11 is 0. The molecule has 0 saturated carbocycles. The smallest absolute Gasteiger partial charge is 0.304 e. The molecule has 2 atom stereocenters. The van der Waals surface area contributed by atoms with Gasteiger partial charge in [-0.05, 0) is 36.2 Å². The topological polar surface area (TPSA) is 73.6 Å². The van der Waals surface area contributed by atoms with Crippen LogP contribution in [0.4, 0.5) is 4.39 Å². The van der Waals surface area contributed by atoms with Crippen molar-refractivity contribution < 1.29 is 23.8 Å². The van der Waals surface area contributed by atoms with E-state index in [4.69, 9.17) is 19.6 Å². The molecule has 35 heavy (non-hydrogen) atoms. The van der Waals surface area contributed by atoms with E-state index in [1.807, 2.05) is 35.8 Å². The first-order chi connectivity index (χ1) is 17.0. The minimum absolute atomic E-state index is 0.0749. The molecule has 6 rings (SSSR count). The summed E-state index contributed by atoms with van der Waals surface area (Å²) in [5.74, 6) is 1.41. The van der Waals surface area contributed by atoms with Crippen molar-refractivity contribution in [3.63, 3.8) is 0 Å². The number of carboxylic acid groups (broad SMARTS) is 1. The number of aliphatic carboxylic acids is 1. The van der Waals surface area contributed by atoms with Crippen molar-refractivity contribution in [1.29, 1.82) is 0 Å². The Balaban J connectivity index is 1.33. The molecule has 0 fully saturated rings. The highest BCUT2D eigenvalue weighted by molar-refractivity contribution is 5.79. The van der Waals surface area contributed by atoms with Gasteiger partial charge in [0.05, 0.1) is 36.4 Å². The van der Waals surface area contributed by atoms with Gasteiger partial charge in [-0.3, -0.25) is 9.36 Å². The number of benzene rings is 3. The van der Waals surface area contributed by atoms with E-state index < -0.39 is 5.97 Å². The fraction of sp³-hybridized carbons (Fsp3) is 0.286. The van der Waals surface area contributed by atoms with Gasteiger partial charge < -0.3 is 14.6 Å². The van der Waals surface area contributed by atoms with Crippen molar-refractivity contribution >= 4 is 17.0 Å². The van der Waals surface area contributed by atoms with Gasteiger partial charge in [-0.25, -0.2) is 9.37 Å². The largest absolute Gasteiger partial charge is 0.493 e. The molecule has 0 unspecified atom stereocenters. The van der Waals surface area contributed by atoms with Gasteiger partial charge in [-0.1, -0.05) is 31.2 Å². The lowest BCUT2D eigenvalue weighted by Gasteiger charge is -2.13. The van der Waals surface area contributed by atoms with Crippen LogP contribution in [0.5, 0.6) is 11.5 Å². The number of nitrogens with zero attached hydrogens (tertiary/aromatic N) is 2. The quantitative estimate of drug-likeness (QED) is 0.407. The van der Waals surface area contributed by atoms with Crippen molar-refractivity contribution in [3.05, 3.63) is 82.9 Å². The fourth-order valence-electron chi connectivity index (χ4n) is 5.36. The first-order valence-corrected chi connectivity index (χ1v) is 11.9. The zero-order chi connectivity index (χ0) is 24.1. The number of halogens is 1. The monoisotopic (exact) mass is 472 g/mol. The Hall–Kier alpha value is -3.87. The van der Waals surface area contributed by atoms with Crippen LogP contribution in [0.3, 0.4) is 0 Å². The second-order valence-corrected chi connectivity index (χ2v) is 9.24. The third-order valence-corrected chi connectivity index (χ3v) is 7.00. The Bertz CT molecular complexity index is 1460. The van der Waals surface area contributed by atoms with Crippen molar-refractivity contribution in [3.8, 4) is 17.2 Å². The summed E-state index contributed by atoms with van der Waals surface area (Å²) in [6, 6.07) is 16.9. The first kappa shape index (κ1) is 21.6. The number of ether oxygens (including phenoxy) is 2. The molecular weight excluding hydrogens is 447 g/mol. The summed E-state index contributed by atoms with van der Waals surface area (Å²) in [5, 5.41) is 9.14. The predicted octanol–water partition coefficient (Wildman–Crippen LogP) is 5.40. The van der Waals surface area contributed by atoms with Gasteiger partial charge in [0.2, 0.25) is 0 Å². The van der Waals surface area contributed by atoms with E-state index in [0.29, 0.717) is 19.6 Å². The van der Waals surface area contributed by atoms with Crippen LogP contribution in [0.15, 0.2) is 54.6 Å². The Morgan fingerprint density at radius 3 is 2.77 bits per heavy atom. The van der Waals surface area contributed by atoms with E-state index in [1.54, 1.807) is 6.07 Å². The summed E-state index contributed by atoms with van der Waals surface area (Å²) in [6.45, 7) is 3.00. The number of hydrogen-bond acceptors (Lipinski definition) is 4. The average Bonchev–Trinajstić information content (AvgIpc) is 3.54. The van der Waals surface area contributed by atoms with Gasteiger partial charge >= 0.3 is 5.97 Å². The summed E-state index contributed by atoms with van der Waals surface area (Å²) in [4.78, 5) is 15.8. The second kappa shape index (κ2) is 8.41. The zero-order valence-corrected chi connectivity index (χ0v) is 19.3. The highest BCUT2D eigenvalue weighted by Gasteiger charge is 2.30. The van der Waals surface area contributed by atoms with Crippen LogP contribution in [0.2, 0.25) is 0 Å². The van der Waals surface area contributed by atoms with E-state index in [2.05, 4.69) is 12.1 Å². The van der Waals surface area contributed by atoms with Crippen molar-refractivity contribution in [2.75, 3.05) is 13.2 Å². The maximum atomic E-state index is 14.1. The lowest BCUT2D eigenvalue weighted by molar-refractivity contribution is -0.137. The molecular formula is C28H25FN2O4. The van der Waals surface area contributed by atoms with Gasteiger partial charge in [-0.15, -0.1) is 0 Å². The lowest BCUT2D eigenvalue weighted by Crippen LogP contribution is -2.07. The van der Waals surface area contributed by atoms with Crippen LogP contribution >= 0.6 is 0 Å². The normalized spacial score (nSPS) is 18.2. The minimum atomic E-state index is -0.814. The molecule has 7 heteroatoms. The Morgan fingerprint density at radius 2 is 1.94 bits per heavy atom. The molecule has 6 nitrogen and oxygen atoms in total. The highest BCUT2D eigenvalue weighted by atomic mass is 19.1. The van der Waals surface area contributed by atoms with E-state index in [1.165, 1.54) is 12.1 Å².